The standard InChI is InChI=1S/C18H12ClF3N4O3/c19-14-8-12(18(20,21)22)9-23-16(14)25-15(27)10-29-17(28)11-2-4-13(5-3-11)26-7-1-6-24-26/h1-9H,10H2,(H,23,25,27). The van der Waals surface area contributed by atoms with Crippen LogP contribution >= 0.6 is 11.6 Å². The van der Waals surface area contributed by atoms with E-state index in [1.165, 1.54) is 12.1 Å². The molecular weight excluding hydrogens is 413 g/mol. The predicted molar refractivity (Wildman–Crippen MR) is 96.7 cm³/mol. The number of hydrogen-bond donors (Lipinski definition) is 1. The van der Waals surface area contributed by atoms with E-state index >= 15 is 0 Å². The highest BCUT2D eigenvalue weighted by atomic mass is 35.5. The molecule has 11 heteroatoms. The Morgan fingerprint density at radius 3 is 2.52 bits per heavy atom. The fourth-order valence-corrected chi connectivity index (χ4v) is 2.45. The van der Waals surface area contributed by atoms with Gasteiger partial charge in [0.2, 0.25) is 0 Å². The first kappa shape index (κ1) is 20.3. The molecular formula is C18H12ClF3N4O3. The molecule has 0 aliphatic heterocycles. The van der Waals surface area contributed by atoms with Crippen LogP contribution in [0.3, 0.4) is 0 Å². The molecule has 3 rings (SSSR count). The van der Waals surface area contributed by atoms with Crippen molar-refractivity contribution in [1.82, 2.24) is 14.8 Å². The lowest BCUT2D eigenvalue weighted by molar-refractivity contribution is -0.137. The summed E-state index contributed by atoms with van der Waals surface area (Å²) in [6, 6.07) is 8.69. The van der Waals surface area contributed by atoms with E-state index in [4.69, 9.17) is 16.3 Å². The lowest BCUT2D eigenvalue weighted by Crippen LogP contribution is -2.22. The number of esters is 1. The molecule has 0 radical (unpaired) electrons. The summed E-state index contributed by atoms with van der Waals surface area (Å²) in [7, 11) is 0. The second kappa shape index (κ2) is 8.31. The normalized spacial score (nSPS) is 11.2. The van der Waals surface area contributed by atoms with Gasteiger partial charge in [0.25, 0.3) is 5.91 Å². The minimum absolute atomic E-state index is 0.208. The van der Waals surface area contributed by atoms with Crippen molar-refractivity contribution in [2.24, 2.45) is 0 Å². The highest BCUT2D eigenvalue weighted by Crippen LogP contribution is 2.32. The monoisotopic (exact) mass is 424 g/mol. The Bertz CT molecular complexity index is 1020. The number of alkyl halides is 3. The summed E-state index contributed by atoms with van der Waals surface area (Å²) in [6.07, 6.45) is -0.729. The fourth-order valence-electron chi connectivity index (χ4n) is 2.24. The van der Waals surface area contributed by atoms with E-state index in [2.05, 4.69) is 15.4 Å². The van der Waals surface area contributed by atoms with E-state index in [-0.39, 0.29) is 11.4 Å². The van der Waals surface area contributed by atoms with E-state index in [1.54, 1.807) is 35.3 Å². The van der Waals surface area contributed by atoms with Crippen LogP contribution in [0.2, 0.25) is 5.02 Å². The molecule has 0 aliphatic rings. The topological polar surface area (TPSA) is 86.1 Å². The highest BCUT2D eigenvalue weighted by molar-refractivity contribution is 6.33. The molecule has 0 aliphatic carbocycles. The van der Waals surface area contributed by atoms with Gasteiger partial charge in [-0.25, -0.2) is 14.5 Å². The smallest absolute Gasteiger partial charge is 0.417 e. The number of amides is 1. The van der Waals surface area contributed by atoms with Crippen LogP contribution in [0.15, 0.2) is 55.0 Å². The Morgan fingerprint density at radius 2 is 1.93 bits per heavy atom. The minimum Gasteiger partial charge on any atom is -0.452 e. The number of benzene rings is 1. The third-order valence-electron chi connectivity index (χ3n) is 3.63. The van der Waals surface area contributed by atoms with Crippen molar-refractivity contribution in [3.05, 3.63) is 71.1 Å². The molecule has 0 saturated carbocycles. The first-order chi connectivity index (χ1) is 13.7. The van der Waals surface area contributed by atoms with Crippen molar-refractivity contribution < 1.29 is 27.5 Å². The van der Waals surface area contributed by atoms with Crippen molar-refractivity contribution >= 4 is 29.3 Å². The maximum Gasteiger partial charge on any atom is 0.417 e. The van der Waals surface area contributed by atoms with Crippen molar-refractivity contribution in [1.29, 1.82) is 0 Å². The number of halogens is 4. The summed E-state index contributed by atoms with van der Waals surface area (Å²) in [5.74, 6) is -1.83. The van der Waals surface area contributed by atoms with Crippen molar-refractivity contribution in [2.75, 3.05) is 11.9 Å². The van der Waals surface area contributed by atoms with Gasteiger partial charge in [-0.15, -0.1) is 0 Å². The van der Waals surface area contributed by atoms with Crippen LogP contribution in [0.5, 0.6) is 0 Å². The summed E-state index contributed by atoms with van der Waals surface area (Å²) in [4.78, 5) is 27.4. The first-order valence-electron chi connectivity index (χ1n) is 8.04. The van der Waals surface area contributed by atoms with Gasteiger partial charge >= 0.3 is 12.1 Å². The van der Waals surface area contributed by atoms with E-state index < -0.39 is 35.2 Å². The van der Waals surface area contributed by atoms with Crippen LogP contribution < -0.4 is 5.32 Å². The predicted octanol–water partition coefficient (Wildman–Crippen LogP) is 3.74. The summed E-state index contributed by atoms with van der Waals surface area (Å²) in [5.41, 5.74) is -0.114. The molecule has 3 aromatic rings. The molecule has 29 heavy (non-hydrogen) atoms. The molecule has 1 aromatic carbocycles. The Balaban J connectivity index is 1.56. The maximum atomic E-state index is 12.6. The highest BCUT2D eigenvalue weighted by Gasteiger charge is 2.31. The zero-order valence-corrected chi connectivity index (χ0v) is 15.2. The van der Waals surface area contributed by atoms with E-state index in [0.717, 1.165) is 5.69 Å². The van der Waals surface area contributed by atoms with Gasteiger partial charge in [-0.3, -0.25) is 4.79 Å². The Kier molecular flexibility index (Phi) is 5.83. The number of pyridine rings is 1. The van der Waals surface area contributed by atoms with Gasteiger partial charge < -0.3 is 10.1 Å². The van der Waals surface area contributed by atoms with Crippen LogP contribution in [0.4, 0.5) is 19.0 Å². The van der Waals surface area contributed by atoms with Crippen molar-refractivity contribution in [3.8, 4) is 5.69 Å². The Hall–Kier alpha value is -3.40. The van der Waals surface area contributed by atoms with Crippen molar-refractivity contribution in [2.45, 2.75) is 6.18 Å². The van der Waals surface area contributed by atoms with Gasteiger partial charge in [-0.05, 0) is 36.4 Å². The van der Waals surface area contributed by atoms with Crippen LogP contribution in [0.1, 0.15) is 15.9 Å². The third-order valence-corrected chi connectivity index (χ3v) is 3.92. The average molecular weight is 425 g/mol. The molecule has 0 atom stereocenters. The molecule has 2 heterocycles. The molecule has 1 amide bonds. The third kappa shape index (κ3) is 5.11. The zero-order chi connectivity index (χ0) is 21.0. The number of nitrogens with one attached hydrogen (secondary N) is 1. The maximum absolute atomic E-state index is 12.6. The molecule has 0 unspecified atom stereocenters. The Labute approximate surface area is 167 Å². The number of aromatic nitrogens is 3. The van der Waals surface area contributed by atoms with Gasteiger partial charge in [0.05, 0.1) is 21.8 Å². The van der Waals surface area contributed by atoms with Crippen LogP contribution in [0.25, 0.3) is 5.69 Å². The molecule has 0 bridgehead atoms. The van der Waals surface area contributed by atoms with Gasteiger partial charge in [0, 0.05) is 18.6 Å². The summed E-state index contributed by atoms with van der Waals surface area (Å²) in [5, 5.41) is 5.85. The van der Waals surface area contributed by atoms with Gasteiger partial charge in [0.15, 0.2) is 12.4 Å². The average Bonchev–Trinajstić information content (AvgIpc) is 3.22. The van der Waals surface area contributed by atoms with E-state index in [9.17, 15) is 22.8 Å². The van der Waals surface area contributed by atoms with Crippen LogP contribution in [-0.2, 0) is 15.7 Å². The number of ether oxygens (including phenoxy) is 1. The number of nitrogens with zero attached hydrogens (tertiary/aromatic N) is 3. The number of hydrogen-bond acceptors (Lipinski definition) is 5. The quantitative estimate of drug-likeness (QED) is 0.631. The first-order valence-corrected chi connectivity index (χ1v) is 8.41. The molecule has 0 saturated heterocycles. The SMILES string of the molecule is O=C(COC(=O)c1ccc(-n2cccn2)cc1)Nc1ncc(C(F)(F)F)cc1Cl. The summed E-state index contributed by atoms with van der Waals surface area (Å²) in [6.45, 7) is -0.668. The molecule has 0 spiro atoms. The number of anilines is 1. The van der Waals surface area contributed by atoms with Gasteiger partial charge in [0.1, 0.15) is 0 Å². The largest absolute Gasteiger partial charge is 0.452 e. The Morgan fingerprint density at radius 1 is 1.21 bits per heavy atom. The minimum atomic E-state index is -4.61. The lowest BCUT2D eigenvalue weighted by atomic mass is 10.2. The second-order valence-corrected chi connectivity index (χ2v) is 6.08. The van der Waals surface area contributed by atoms with E-state index in [0.29, 0.717) is 12.3 Å². The molecule has 1 N–H and O–H groups in total. The van der Waals surface area contributed by atoms with Crippen molar-refractivity contribution in [3.63, 3.8) is 0 Å². The van der Waals surface area contributed by atoms with Gasteiger partial charge in [-0.2, -0.15) is 18.3 Å². The molecule has 0 fully saturated rings. The number of carbonyl (C=O) groups is 2. The molecule has 150 valence electrons. The van der Waals surface area contributed by atoms with Gasteiger partial charge in [-0.1, -0.05) is 11.6 Å². The van der Waals surface area contributed by atoms with E-state index in [1.807, 2.05) is 0 Å². The summed E-state index contributed by atoms with van der Waals surface area (Å²) < 4.78 is 44.3. The second-order valence-electron chi connectivity index (χ2n) is 5.67. The van der Waals surface area contributed by atoms with Crippen LogP contribution in [-0.4, -0.2) is 33.2 Å². The number of rotatable bonds is 5. The molecule has 2 aromatic heterocycles. The lowest BCUT2D eigenvalue weighted by Gasteiger charge is -2.10. The van der Waals surface area contributed by atoms with Crippen LogP contribution in [0, 0.1) is 0 Å². The summed E-state index contributed by atoms with van der Waals surface area (Å²) >= 11 is 5.70. The fraction of sp³-hybridized carbons (Fsp3) is 0.111. The molecule has 7 nitrogen and oxygen atoms in total. The zero-order valence-electron chi connectivity index (χ0n) is 14.5. The number of carbonyl (C=O) groups excluding carboxylic acids is 2.